The molecule has 0 radical (unpaired) electrons. The van der Waals surface area contributed by atoms with Crippen molar-refractivity contribution in [2.75, 3.05) is 0 Å². The lowest BCUT2D eigenvalue weighted by Gasteiger charge is -2.44. The van der Waals surface area contributed by atoms with Crippen LogP contribution in [0.4, 0.5) is 0 Å². The molecule has 0 aliphatic heterocycles. The van der Waals surface area contributed by atoms with E-state index < -0.39 is 17.8 Å². The Morgan fingerprint density at radius 1 is 0.754 bits per heavy atom. The molecule has 0 bridgehead atoms. The molecule has 6 nitrogen and oxygen atoms in total. The van der Waals surface area contributed by atoms with Gasteiger partial charge in [0.05, 0.1) is 11.7 Å². The van der Waals surface area contributed by atoms with E-state index in [0.717, 1.165) is 114 Å². The van der Waals surface area contributed by atoms with Gasteiger partial charge < -0.3 is 19.7 Å². The van der Waals surface area contributed by atoms with Crippen LogP contribution >= 0.6 is 0 Å². The molecule has 3 aliphatic rings. The van der Waals surface area contributed by atoms with Gasteiger partial charge in [-0.2, -0.15) is 0 Å². The number of allylic oxidation sites excluding steroid dienone is 8. The summed E-state index contributed by atoms with van der Waals surface area (Å²) in [6.45, 7) is 17.7. The topological polar surface area (TPSA) is 93.1 Å². The first-order valence-electron chi connectivity index (χ1n) is 29.1. The first kappa shape index (κ1) is 60.6. The molecule has 0 unspecified atom stereocenters. The average molecular weight is 960 g/mol. The second-order valence-electron chi connectivity index (χ2n) is 22.8. The SMILES string of the molecule is C=C1/C(=C\C=C2/CCC[C@]3(C)[C@@H]([C@H](C)CCCC(C)(C)O)CC[C@@H]23)C[C@@H](O)C[C@@H]1OC(=O)CCCCCCC/C=C\C[C@@H](CCCCCC)OC(=O)CCCCCCC/C=C\C/C=C\CCCCC. The fourth-order valence-corrected chi connectivity index (χ4v) is 11.8. The molecule has 6 heteroatoms. The van der Waals surface area contributed by atoms with E-state index in [9.17, 15) is 19.8 Å². The molecular weight excluding hydrogens is 853 g/mol. The number of esters is 2. The predicted octanol–water partition coefficient (Wildman–Crippen LogP) is 17.6. The molecule has 3 aliphatic carbocycles. The molecule has 0 amide bonds. The number of fused-ring (bicyclic) bond motifs is 1. The van der Waals surface area contributed by atoms with Gasteiger partial charge >= 0.3 is 11.9 Å². The molecule has 3 fully saturated rings. The third-order valence-electron chi connectivity index (χ3n) is 16.0. The molecule has 69 heavy (non-hydrogen) atoms. The van der Waals surface area contributed by atoms with Crippen LogP contribution in [0.25, 0.3) is 0 Å². The van der Waals surface area contributed by atoms with E-state index >= 15 is 0 Å². The minimum Gasteiger partial charge on any atom is -0.462 e. The van der Waals surface area contributed by atoms with E-state index in [1.807, 2.05) is 13.8 Å². The number of carbonyl (C=O) groups excluding carboxylic acids is 2. The van der Waals surface area contributed by atoms with Gasteiger partial charge in [0.2, 0.25) is 0 Å². The van der Waals surface area contributed by atoms with Crippen LogP contribution in [-0.4, -0.2) is 46.1 Å². The van der Waals surface area contributed by atoms with Gasteiger partial charge in [0.1, 0.15) is 12.2 Å². The highest BCUT2D eigenvalue weighted by atomic mass is 16.5. The Hall–Kier alpha value is -2.70. The van der Waals surface area contributed by atoms with Gasteiger partial charge in [0.15, 0.2) is 0 Å². The standard InChI is InChI=1S/C63H106O6/c1-8-10-12-14-15-16-17-18-19-20-21-22-26-29-33-41-60(65)68-56(39-31-13-11-9-2)40-32-28-25-23-24-27-30-34-42-61(66)69-59-50-55(64)49-54(52(59)4)44-43-53-38-36-48-63(7)57(45-46-58(53)63)51(3)37-35-47-62(5,6)67/h15-16,18-19,28,32,43-44,51,55-59,64,67H,4,8-14,17,20-27,29-31,33-42,45-50H2,1-3,5-7H3/b16-15-,19-18-,32-28-,53-43+,54-44-/t51-,55-,56-,57-,58+,59+,63-/m1/s1. The Kier molecular flexibility index (Phi) is 31.1. The molecule has 7 atom stereocenters. The van der Waals surface area contributed by atoms with Gasteiger partial charge in [-0.25, -0.2) is 0 Å². The molecule has 0 spiro atoms. The highest BCUT2D eigenvalue weighted by Crippen LogP contribution is 2.60. The summed E-state index contributed by atoms with van der Waals surface area (Å²) in [5.41, 5.74) is 3.12. The average Bonchev–Trinajstić information content (AvgIpc) is 3.67. The first-order chi connectivity index (χ1) is 33.3. The van der Waals surface area contributed by atoms with Crippen LogP contribution in [-0.2, 0) is 19.1 Å². The summed E-state index contributed by atoms with van der Waals surface area (Å²) in [7, 11) is 0. The minimum absolute atomic E-state index is 0.0209. The van der Waals surface area contributed by atoms with E-state index in [1.165, 1.54) is 102 Å². The number of hydrogen-bond acceptors (Lipinski definition) is 6. The van der Waals surface area contributed by atoms with Gasteiger partial charge in [0, 0.05) is 25.7 Å². The molecular formula is C63H106O6. The van der Waals surface area contributed by atoms with Gasteiger partial charge in [-0.15, -0.1) is 0 Å². The monoisotopic (exact) mass is 959 g/mol. The van der Waals surface area contributed by atoms with Crippen molar-refractivity contribution in [3.63, 3.8) is 0 Å². The van der Waals surface area contributed by atoms with E-state index in [0.29, 0.717) is 48.9 Å². The van der Waals surface area contributed by atoms with Gasteiger partial charge in [-0.05, 0) is 164 Å². The number of carbonyl (C=O) groups is 2. The second kappa shape index (κ2) is 35.4. The van der Waals surface area contributed by atoms with Crippen molar-refractivity contribution >= 4 is 11.9 Å². The predicted molar refractivity (Wildman–Crippen MR) is 292 cm³/mol. The zero-order chi connectivity index (χ0) is 50.2. The molecule has 0 heterocycles. The smallest absolute Gasteiger partial charge is 0.306 e. The number of unbranched alkanes of at least 4 members (excludes halogenated alkanes) is 16. The van der Waals surface area contributed by atoms with Crippen molar-refractivity contribution < 1.29 is 29.3 Å². The Bertz CT molecular complexity index is 1570. The van der Waals surface area contributed by atoms with Crippen molar-refractivity contribution in [2.24, 2.45) is 23.2 Å². The first-order valence-corrected chi connectivity index (χ1v) is 29.1. The number of aliphatic hydroxyl groups is 2. The molecule has 0 aromatic carbocycles. The van der Waals surface area contributed by atoms with Gasteiger partial charge in [-0.1, -0.05) is 172 Å². The zero-order valence-corrected chi connectivity index (χ0v) is 45.6. The summed E-state index contributed by atoms with van der Waals surface area (Å²) >= 11 is 0. The molecule has 394 valence electrons. The fourth-order valence-electron chi connectivity index (χ4n) is 11.8. The summed E-state index contributed by atoms with van der Waals surface area (Å²) < 4.78 is 12.0. The van der Waals surface area contributed by atoms with E-state index in [4.69, 9.17) is 9.47 Å². The highest BCUT2D eigenvalue weighted by molar-refractivity contribution is 5.70. The molecule has 0 aromatic heterocycles. The molecule has 0 saturated heterocycles. The van der Waals surface area contributed by atoms with Crippen molar-refractivity contribution in [3.05, 3.63) is 71.9 Å². The fraction of sp³-hybridized carbons (Fsp3) is 0.778. The van der Waals surface area contributed by atoms with Crippen molar-refractivity contribution in [3.8, 4) is 0 Å². The normalized spacial score (nSPS) is 24.3. The third kappa shape index (κ3) is 25.5. The lowest BCUT2D eigenvalue weighted by atomic mass is 9.60. The van der Waals surface area contributed by atoms with E-state index in [2.05, 4.69) is 82.9 Å². The number of rotatable bonds is 37. The molecule has 2 N–H and O–H groups in total. The molecule has 3 saturated carbocycles. The minimum atomic E-state index is -0.590. The summed E-state index contributed by atoms with van der Waals surface area (Å²) in [6.07, 6.45) is 54.0. The van der Waals surface area contributed by atoms with E-state index in [1.54, 1.807) is 0 Å². The summed E-state index contributed by atoms with van der Waals surface area (Å²) in [5, 5.41) is 21.1. The van der Waals surface area contributed by atoms with Crippen LogP contribution < -0.4 is 0 Å². The maximum atomic E-state index is 13.0. The molecule has 3 rings (SSSR count). The Morgan fingerprint density at radius 2 is 1.35 bits per heavy atom. The van der Waals surface area contributed by atoms with E-state index in [-0.39, 0.29) is 18.0 Å². The van der Waals surface area contributed by atoms with Crippen LogP contribution in [0, 0.1) is 23.2 Å². The summed E-state index contributed by atoms with van der Waals surface area (Å²) in [4.78, 5) is 25.8. The zero-order valence-electron chi connectivity index (χ0n) is 45.6. The second-order valence-corrected chi connectivity index (χ2v) is 22.8. The van der Waals surface area contributed by atoms with Crippen LogP contribution in [0.5, 0.6) is 0 Å². The van der Waals surface area contributed by atoms with Crippen LogP contribution in [0.15, 0.2) is 71.9 Å². The summed E-state index contributed by atoms with van der Waals surface area (Å²) in [5.74, 6) is 1.73. The quantitative estimate of drug-likeness (QED) is 0.0366. The largest absolute Gasteiger partial charge is 0.462 e. The van der Waals surface area contributed by atoms with Crippen molar-refractivity contribution in [2.45, 2.75) is 290 Å². The van der Waals surface area contributed by atoms with Crippen molar-refractivity contribution in [1.82, 2.24) is 0 Å². The van der Waals surface area contributed by atoms with Crippen LogP contribution in [0.1, 0.15) is 266 Å². The number of hydrogen-bond donors (Lipinski definition) is 2. The Labute approximate surface area is 424 Å². The Morgan fingerprint density at radius 3 is 2.01 bits per heavy atom. The van der Waals surface area contributed by atoms with Crippen LogP contribution in [0.3, 0.4) is 0 Å². The maximum Gasteiger partial charge on any atom is 0.306 e. The lowest BCUT2D eigenvalue weighted by Crippen LogP contribution is -2.36. The van der Waals surface area contributed by atoms with Crippen LogP contribution in [0.2, 0.25) is 0 Å². The summed E-state index contributed by atoms with van der Waals surface area (Å²) in [6, 6.07) is 0. The molecule has 0 aromatic rings. The van der Waals surface area contributed by atoms with Gasteiger partial charge in [-0.3, -0.25) is 9.59 Å². The number of ether oxygens (including phenoxy) is 2. The number of aliphatic hydroxyl groups excluding tert-OH is 1. The maximum absolute atomic E-state index is 13.0. The highest BCUT2D eigenvalue weighted by Gasteiger charge is 2.50. The third-order valence-corrected chi connectivity index (χ3v) is 16.0. The van der Waals surface area contributed by atoms with Crippen molar-refractivity contribution in [1.29, 1.82) is 0 Å². The lowest BCUT2D eigenvalue weighted by molar-refractivity contribution is -0.150. The Balaban J connectivity index is 1.29. The van der Waals surface area contributed by atoms with Gasteiger partial charge in [0.25, 0.3) is 0 Å².